The van der Waals surface area contributed by atoms with E-state index in [9.17, 15) is 8.42 Å². The Hall–Kier alpha value is -3.94. The molecule has 0 saturated carbocycles. The van der Waals surface area contributed by atoms with Gasteiger partial charge in [0.15, 0.2) is 27.3 Å². The SMILES string of the molecule is COc1cccc(C)c1-n1c(CS(=O)(=O)[C@@H](C)[C@H](OC)c2ncc(Cl)cn2)nnc1-c1ncnc2cc[nH]c12. The van der Waals surface area contributed by atoms with Crippen molar-refractivity contribution in [3.8, 4) is 23.0 Å². The first-order chi connectivity index (χ1) is 18.7. The highest BCUT2D eigenvalue weighted by Crippen LogP contribution is 2.34. The lowest BCUT2D eigenvalue weighted by Gasteiger charge is -2.22. The molecule has 4 heterocycles. The van der Waals surface area contributed by atoms with E-state index in [0.29, 0.717) is 39.0 Å². The Balaban J connectivity index is 1.64. The lowest BCUT2D eigenvalue weighted by Crippen LogP contribution is -2.30. The molecule has 39 heavy (non-hydrogen) atoms. The van der Waals surface area contributed by atoms with E-state index >= 15 is 0 Å². The molecule has 0 fully saturated rings. The lowest BCUT2D eigenvalue weighted by molar-refractivity contribution is 0.0948. The zero-order valence-electron chi connectivity index (χ0n) is 21.5. The molecule has 5 aromatic rings. The standard InChI is InChI=1S/C25H25ClN8O4S/c1-14-6-5-7-18(37-3)22(14)34-19(32-33-25(34)21-20-17(8-9-27-20)30-13-31-21)12-39(35,36)15(2)23(38-4)24-28-10-16(26)11-29-24/h5-11,13,15,23,27H,12H2,1-4H3/t15-,23-/m0/s1. The van der Waals surface area contributed by atoms with Crippen molar-refractivity contribution >= 4 is 32.5 Å². The number of hydrogen-bond acceptors (Lipinski definition) is 10. The van der Waals surface area contributed by atoms with Crippen molar-refractivity contribution in [2.24, 2.45) is 0 Å². The molecule has 5 rings (SSSR count). The minimum Gasteiger partial charge on any atom is -0.495 e. The van der Waals surface area contributed by atoms with Gasteiger partial charge < -0.3 is 14.5 Å². The molecule has 2 atom stereocenters. The second-order valence-corrected chi connectivity index (χ2v) is 11.6. The molecule has 4 aromatic heterocycles. The number of benzene rings is 1. The van der Waals surface area contributed by atoms with Crippen LogP contribution < -0.4 is 4.74 Å². The van der Waals surface area contributed by atoms with Crippen LogP contribution in [0.4, 0.5) is 0 Å². The molecule has 0 aliphatic rings. The summed E-state index contributed by atoms with van der Waals surface area (Å²) in [5, 5.41) is 8.03. The Morgan fingerprint density at radius 1 is 1.08 bits per heavy atom. The van der Waals surface area contributed by atoms with Crippen molar-refractivity contribution in [3.05, 3.63) is 71.4 Å². The number of halogens is 1. The topological polar surface area (TPSA) is 151 Å². The van der Waals surface area contributed by atoms with E-state index in [1.165, 1.54) is 25.8 Å². The normalized spacial score (nSPS) is 13.5. The number of methoxy groups -OCH3 is 2. The second kappa shape index (κ2) is 10.7. The maximum absolute atomic E-state index is 13.8. The maximum Gasteiger partial charge on any atom is 0.189 e. The summed E-state index contributed by atoms with van der Waals surface area (Å²) in [6, 6.07) is 7.34. The Morgan fingerprint density at radius 2 is 1.85 bits per heavy atom. The Morgan fingerprint density at radius 3 is 2.56 bits per heavy atom. The molecule has 0 unspecified atom stereocenters. The number of hydrogen-bond donors (Lipinski definition) is 1. The Bertz CT molecular complexity index is 1740. The summed E-state index contributed by atoms with van der Waals surface area (Å²) in [6.07, 6.45) is 5.02. The maximum atomic E-state index is 13.8. The third-order valence-corrected chi connectivity index (χ3v) is 8.64. The van der Waals surface area contributed by atoms with Gasteiger partial charge >= 0.3 is 0 Å². The first-order valence-electron chi connectivity index (χ1n) is 11.8. The number of H-pyrrole nitrogens is 1. The van der Waals surface area contributed by atoms with Gasteiger partial charge in [0.05, 0.1) is 34.1 Å². The van der Waals surface area contributed by atoms with E-state index < -0.39 is 26.9 Å². The predicted molar refractivity (Wildman–Crippen MR) is 144 cm³/mol. The van der Waals surface area contributed by atoms with Crippen molar-refractivity contribution in [1.29, 1.82) is 0 Å². The van der Waals surface area contributed by atoms with Crippen LogP contribution in [-0.4, -0.2) is 67.6 Å². The van der Waals surface area contributed by atoms with E-state index in [2.05, 4.69) is 35.1 Å². The molecule has 202 valence electrons. The molecular formula is C25H25ClN8O4S. The monoisotopic (exact) mass is 568 g/mol. The average molecular weight is 569 g/mol. The van der Waals surface area contributed by atoms with Gasteiger partial charge in [0.25, 0.3) is 0 Å². The van der Waals surface area contributed by atoms with E-state index in [-0.39, 0.29) is 11.6 Å². The molecule has 0 saturated heterocycles. The summed E-state index contributed by atoms with van der Waals surface area (Å²) in [7, 11) is -0.937. The fourth-order valence-electron chi connectivity index (χ4n) is 4.40. The molecule has 0 amide bonds. The minimum atomic E-state index is -3.89. The number of aromatic amines is 1. The van der Waals surface area contributed by atoms with Gasteiger partial charge in [0.2, 0.25) is 0 Å². The fraction of sp³-hybridized carbons (Fsp3) is 0.280. The van der Waals surface area contributed by atoms with Crippen molar-refractivity contribution in [2.45, 2.75) is 31.0 Å². The van der Waals surface area contributed by atoms with E-state index in [4.69, 9.17) is 21.1 Å². The summed E-state index contributed by atoms with van der Waals surface area (Å²) >= 11 is 5.91. The number of aromatic nitrogens is 8. The smallest absolute Gasteiger partial charge is 0.189 e. The second-order valence-electron chi connectivity index (χ2n) is 8.79. The van der Waals surface area contributed by atoms with E-state index in [1.807, 2.05) is 25.1 Å². The molecule has 0 aliphatic heterocycles. The van der Waals surface area contributed by atoms with Gasteiger partial charge in [-0.2, -0.15) is 0 Å². The Kier molecular flexibility index (Phi) is 7.30. The summed E-state index contributed by atoms with van der Waals surface area (Å²) in [5.74, 6) is 0.777. The van der Waals surface area contributed by atoms with E-state index in [0.717, 1.165) is 5.56 Å². The van der Waals surface area contributed by atoms with Crippen molar-refractivity contribution in [3.63, 3.8) is 0 Å². The van der Waals surface area contributed by atoms with Crippen LogP contribution in [0.5, 0.6) is 5.75 Å². The minimum absolute atomic E-state index is 0.176. The van der Waals surface area contributed by atoms with Gasteiger partial charge in [-0.3, -0.25) is 4.57 Å². The van der Waals surface area contributed by atoms with Gasteiger partial charge in [0, 0.05) is 25.7 Å². The Labute approximate surface area is 229 Å². The van der Waals surface area contributed by atoms with Crippen molar-refractivity contribution in [2.75, 3.05) is 14.2 Å². The fourth-order valence-corrected chi connectivity index (χ4v) is 5.92. The predicted octanol–water partition coefficient (Wildman–Crippen LogP) is 3.66. The van der Waals surface area contributed by atoms with Crippen LogP contribution in [0.1, 0.15) is 30.2 Å². The molecule has 1 N–H and O–H groups in total. The average Bonchev–Trinajstić information content (AvgIpc) is 3.57. The number of nitrogens with one attached hydrogen (secondary N) is 1. The molecule has 0 bridgehead atoms. The molecule has 0 radical (unpaired) electrons. The molecule has 0 aliphatic carbocycles. The van der Waals surface area contributed by atoms with Gasteiger partial charge in [-0.25, -0.2) is 28.4 Å². The van der Waals surface area contributed by atoms with Crippen LogP contribution >= 0.6 is 11.6 Å². The summed E-state index contributed by atoms with van der Waals surface area (Å²) in [4.78, 5) is 20.2. The van der Waals surface area contributed by atoms with Crippen LogP contribution in [-0.2, 0) is 20.3 Å². The summed E-state index contributed by atoms with van der Waals surface area (Å²) < 4.78 is 40.4. The number of ether oxygens (including phenoxy) is 2. The summed E-state index contributed by atoms with van der Waals surface area (Å²) in [6.45, 7) is 3.44. The number of rotatable bonds is 9. The molecule has 1 aromatic carbocycles. The quantitative estimate of drug-likeness (QED) is 0.279. The molecule has 12 nitrogen and oxygen atoms in total. The first-order valence-corrected chi connectivity index (χ1v) is 13.9. The zero-order valence-corrected chi connectivity index (χ0v) is 23.1. The number of nitrogens with zero attached hydrogens (tertiary/aromatic N) is 7. The largest absolute Gasteiger partial charge is 0.495 e. The van der Waals surface area contributed by atoms with Crippen LogP contribution in [0.25, 0.3) is 28.2 Å². The molecule has 0 spiro atoms. The third kappa shape index (κ3) is 4.95. The summed E-state index contributed by atoms with van der Waals surface area (Å²) in [5.41, 5.74) is 3.20. The van der Waals surface area contributed by atoms with Crippen molar-refractivity contribution in [1.82, 2.24) is 39.7 Å². The van der Waals surface area contributed by atoms with Crippen molar-refractivity contribution < 1.29 is 17.9 Å². The van der Waals surface area contributed by atoms with Crippen LogP contribution in [0.3, 0.4) is 0 Å². The number of fused-ring (bicyclic) bond motifs is 1. The molecule has 14 heteroatoms. The highest BCUT2D eigenvalue weighted by molar-refractivity contribution is 7.91. The van der Waals surface area contributed by atoms with Gasteiger partial charge in [0.1, 0.15) is 29.6 Å². The first kappa shape index (κ1) is 26.7. The van der Waals surface area contributed by atoms with Crippen LogP contribution in [0.15, 0.2) is 49.2 Å². The van der Waals surface area contributed by atoms with Crippen LogP contribution in [0.2, 0.25) is 5.02 Å². The van der Waals surface area contributed by atoms with E-state index in [1.54, 1.807) is 30.9 Å². The lowest BCUT2D eigenvalue weighted by atomic mass is 10.1. The number of sulfone groups is 1. The highest BCUT2D eigenvalue weighted by atomic mass is 35.5. The molecular weight excluding hydrogens is 544 g/mol. The van der Waals surface area contributed by atoms with Gasteiger partial charge in [-0.05, 0) is 31.5 Å². The third-order valence-electron chi connectivity index (χ3n) is 6.40. The number of para-hydroxylation sites is 1. The number of aryl methyl sites for hydroxylation is 1. The highest BCUT2D eigenvalue weighted by Gasteiger charge is 2.35. The zero-order chi connectivity index (χ0) is 27.7. The van der Waals surface area contributed by atoms with Crippen LogP contribution in [0, 0.1) is 6.92 Å². The van der Waals surface area contributed by atoms with Gasteiger partial charge in [-0.1, -0.05) is 23.7 Å². The van der Waals surface area contributed by atoms with Gasteiger partial charge in [-0.15, -0.1) is 10.2 Å².